The Morgan fingerprint density at radius 1 is 1.43 bits per heavy atom. The Morgan fingerprint density at radius 2 is 2.29 bits per heavy atom. The zero-order chi connectivity index (χ0) is 10.2. The summed E-state index contributed by atoms with van der Waals surface area (Å²) < 4.78 is 3.80. The molecule has 0 radical (unpaired) electrons. The summed E-state index contributed by atoms with van der Waals surface area (Å²) in [6, 6.07) is 0.584. The second-order valence-corrected chi connectivity index (χ2v) is 4.39. The molecule has 1 aromatic rings. The van der Waals surface area contributed by atoms with Gasteiger partial charge in [-0.15, -0.1) is 5.10 Å². The molecule has 0 aromatic carbocycles. The summed E-state index contributed by atoms with van der Waals surface area (Å²) in [5.74, 6) is 0. The quantitative estimate of drug-likeness (QED) is 0.665. The van der Waals surface area contributed by atoms with Crippen LogP contribution in [0.25, 0.3) is 0 Å². The van der Waals surface area contributed by atoms with Crippen LogP contribution in [0.15, 0.2) is 6.20 Å². The molecule has 0 fully saturated rings. The van der Waals surface area contributed by atoms with Gasteiger partial charge < -0.3 is 10.6 Å². The highest BCUT2D eigenvalue weighted by Gasteiger charge is 1.95. The summed E-state index contributed by atoms with van der Waals surface area (Å²) in [4.78, 5) is 1.20. The highest BCUT2D eigenvalue weighted by molar-refractivity contribution is 7.05. The van der Waals surface area contributed by atoms with Crippen molar-refractivity contribution in [1.29, 1.82) is 0 Å². The van der Waals surface area contributed by atoms with Crippen LogP contribution in [0, 0.1) is 0 Å². The summed E-state index contributed by atoms with van der Waals surface area (Å²) >= 11 is 1.45. The average Bonchev–Trinajstić information content (AvgIpc) is 2.63. The molecule has 0 bridgehead atoms. The molecule has 1 rings (SSSR count). The molecule has 0 unspecified atom stereocenters. The fraction of sp³-hybridized carbons (Fsp3) is 0.778. The molecule has 0 atom stereocenters. The van der Waals surface area contributed by atoms with Gasteiger partial charge in [-0.1, -0.05) is 18.3 Å². The van der Waals surface area contributed by atoms with E-state index in [1.165, 1.54) is 16.4 Å². The fourth-order valence-electron chi connectivity index (χ4n) is 1.08. The predicted octanol–water partition coefficient (Wildman–Crippen LogP) is 1.02. The summed E-state index contributed by atoms with van der Waals surface area (Å²) in [7, 11) is 0. The molecule has 0 saturated carbocycles. The zero-order valence-electron chi connectivity index (χ0n) is 8.79. The van der Waals surface area contributed by atoms with Gasteiger partial charge in [-0.3, -0.25) is 0 Å². The van der Waals surface area contributed by atoms with E-state index in [4.69, 9.17) is 0 Å². The molecule has 0 aliphatic rings. The number of nitrogens with zero attached hydrogens (tertiary/aromatic N) is 2. The number of aromatic nitrogens is 2. The van der Waals surface area contributed by atoms with Crippen molar-refractivity contribution >= 4 is 11.5 Å². The molecular formula is C9H18N4S. The SMILES string of the molecule is CC(C)NCCCNCc1cnns1. The Morgan fingerprint density at radius 3 is 2.93 bits per heavy atom. The Hall–Kier alpha value is -0.520. The van der Waals surface area contributed by atoms with E-state index in [0.717, 1.165) is 26.1 Å². The second-order valence-electron chi connectivity index (χ2n) is 3.52. The molecule has 0 saturated heterocycles. The van der Waals surface area contributed by atoms with Crippen LogP contribution in [0.1, 0.15) is 25.1 Å². The lowest BCUT2D eigenvalue weighted by molar-refractivity contribution is 0.548. The number of rotatable bonds is 7. The average molecular weight is 214 g/mol. The maximum atomic E-state index is 3.80. The Bertz CT molecular complexity index is 223. The molecule has 1 aromatic heterocycles. The van der Waals surface area contributed by atoms with Crippen molar-refractivity contribution in [3.05, 3.63) is 11.1 Å². The molecule has 0 aliphatic heterocycles. The highest BCUT2D eigenvalue weighted by Crippen LogP contribution is 1.99. The first-order chi connectivity index (χ1) is 6.79. The third-order valence-electron chi connectivity index (χ3n) is 1.79. The van der Waals surface area contributed by atoms with Crippen molar-refractivity contribution < 1.29 is 0 Å². The van der Waals surface area contributed by atoms with Crippen molar-refractivity contribution in [2.45, 2.75) is 32.9 Å². The van der Waals surface area contributed by atoms with Crippen LogP contribution in [-0.2, 0) is 6.54 Å². The highest BCUT2D eigenvalue weighted by atomic mass is 32.1. The molecule has 0 spiro atoms. The normalized spacial score (nSPS) is 11.1. The topological polar surface area (TPSA) is 49.8 Å². The summed E-state index contributed by atoms with van der Waals surface area (Å²) in [5, 5.41) is 10.5. The predicted molar refractivity (Wildman–Crippen MR) is 59.4 cm³/mol. The summed E-state index contributed by atoms with van der Waals surface area (Å²) in [6.45, 7) is 7.33. The van der Waals surface area contributed by atoms with Gasteiger partial charge in [0.15, 0.2) is 0 Å². The van der Waals surface area contributed by atoms with Crippen molar-refractivity contribution in [3.63, 3.8) is 0 Å². The molecule has 14 heavy (non-hydrogen) atoms. The van der Waals surface area contributed by atoms with E-state index in [9.17, 15) is 0 Å². The minimum Gasteiger partial charge on any atom is -0.314 e. The fourth-order valence-corrected chi connectivity index (χ4v) is 1.54. The van der Waals surface area contributed by atoms with Crippen molar-refractivity contribution in [1.82, 2.24) is 20.2 Å². The Labute approximate surface area is 89.3 Å². The largest absolute Gasteiger partial charge is 0.314 e. The third-order valence-corrected chi connectivity index (χ3v) is 2.45. The smallest absolute Gasteiger partial charge is 0.0666 e. The second kappa shape index (κ2) is 6.86. The molecule has 4 nitrogen and oxygen atoms in total. The van der Waals surface area contributed by atoms with Crippen LogP contribution in [0.2, 0.25) is 0 Å². The summed E-state index contributed by atoms with van der Waals surface area (Å²) in [6.07, 6.45) is 2.97. The first-order valence-corrected chi connectivity index (χ1v) is 5.76. The van der Waals surface area contributed by atoms with Crippen LogP contribution >= 0.6 is 11.5 Å². The van der Waals surface area contributed by atoms with Crippen LogP contribution in [0.5, 0.6) is 0 Å². The number of hydrogen-bond acceptors (Lipinski definition) is 5. The first-order valence-electron chi connectivity index (χ1n) is 4.99. The lowest BCUT2D eigenvalue weighted by atomic mass is 10.3. The lowest BCUT2D eigenvalue weighted by Gasteiger charge is -2.07. The Kier molecular flexibility index (Phi) is 5.66. The monoisotopic (exact) mass is 214 g/mol. The molecule has 0 aliphatic carbocycles. The van der Waals surface area contributed by atoms with E-state index < -0.39 is 0 Å². The van der Waals surface area contributed by atoms with Crippen molar-refractivity contribution in [2.75, 3.05) is 13.1 Å². The van der Waals surface area contributed by atoms with Crippen LogP contribution in [-0.4, -0.2) is 28.7 Å². The lowest BCUT2D eigenvalue weighted by Crippen LogP contribution is -2.26. The van der Waals surface area contributed by atoms with Gasteiger partial charge >= 0.3 is 0 Å². The molecule has 2 N–H and O–H groups in total. The summed E-state index contributed by atoms with van der Waals surface area (Å²) in [5.41, 5.74) is 0. The van der Waals surface area contributed by atoms with Gasteiger partial charge in [0.05, 0.1) is 11.1 Å². The van der Waals surface area contributed by atoms with Gasteiger partial charge in [0.2, 0.25) is 0 Å². The standard InChI is InChI=1S/C9H18N4S/c1-8(2)11-5-3-4-10-6-9-7-12-13-14-9/h7-8,10-11H,3-6H2,1-2H3. The minimum absolute atomic E-state index is 0.584. The van der Waals surface area contributed by atoms with E-state index >= 15 is 0 Å². The van der Waals surface area contributed by atoms with Crippen molar-refractivity contribution in [3.8, 4) is 0 Å². The molecule has 5 heteroatoms. The van der Waals surface area contributed by atoms with Gasteiger partial charge in [-0.25, -0.2) is 0 Å². The Balaban J connectivity index is 1.90. The maximum Gasteiger partial charge on any atom is 0.0666 e. The first kappa shape index (κ1) is 11.6. The van der Waals surface area contributed by atoms with E-state index in [0.29, 0.717) is 6.04 Å². The maximum absolute atomic E-state index is 3.80. The molecule has 80 valence electrons. The van der Waals surface area contributed by atoms with Crippen LogP contribution < -0.4 is 10.6 Å². The van der Waals surface area contributed by atoms with Gasteiger partial charge in [0.1, 0.15) is 0 Å². The van der Waals surface area contributed by atoms with Crippen molar-refractivity contribution in [2.24, 2.45) is 0 Å². The number of hydrogen-bond donors (Lipinski definition) is 2. The molecule has 0 amide bonds. The van der Waals surface area contributed by atoms with E-state index in [1.807, 2.05) is 6.20 Å². The van der Waals surface area contributed by atoms with Gasteiger partial charge in [-0.05, 0) is 31.0 Å². The van der Waals surface area contributed by atoms with Gasteiger partial charge in [-0.2, -0.15) is 0 Å². The molecule has 1 heterocycles. The van der Waals surface area contributed by atoms with E-state index in [2.05, 4.69) is 34.1 Å². The van der Waals surface area contributed by atoms with Crippen LogP contribution in [0.4, 0.5) is 0 Å². The molecular weight excluding hydrogens is 196 g/mol. The van der Waals surface area contributed by atoms with E-state index in [-0.39, 0.29) is 0 Å². The zero-order valence-corrected chi connectivity index (χ0v) is 9.60. The number of nitrogens with one attached hydrogen (secondary N) is 2. The van der Waals surface area contributed by atoms with Gasteiger partial charge in [0, 0.05) is 12.6 Å². The van der Waals surface area contributed by atoms with E-state index in [1.54, 1.807) is 0 Å². The van der Waals surface area contributed by atoms with Gasteiger partial charge in [0.25, 0.3) is 0 Å². The minimum atomic E-state index is 0.584. The van der Waals surface area contributed by atoms with Crippen LogP contribution in [0.3, 0.4) is 0 Å². The third kappa shape index (κ3) is 5.26.